The van der Waals surface area contributed by atoms with E-state index in [4.69, 9.17) is 4.74 Å². The number of amides is 1. The Bertz CT molecular complexity index is 872. The average molecular weight is 436 g/mol. The molecule has 1 N–H and O–H groups in total. The number of carbonyl (C=O) groups is 1. The number of piperidine rings is 1. The SMILES string of the molecule is COc1ccc(S(=O)(=O)N2CCC3(CC2)N[C@@H](CC(C)C)C(=O)N3CC2CC2)cc1. The molecule has 0 radical (unpaired) electrons. The molecule has 30 heavy (non-hydrogen) atoms. The highest BCUT2D eigenvalue weighted by atomic mass is 32.2. The van der Waals surface area contributed by atoms with Gasteiger partial charge in [0, 0.05) is 19.6 Å². The van der Waals surface area contributed by atoms with Crippen molar-refractivity contribution in [2.45, 2.75) is 62.6 Å². The molecule has 2 saturated heterocycles. The van der Waals surface area contributed by atoms with Gasteiger partial charge in [-0.3, -0.25) is 10.1 Å². The van der Waals surface area contributed by atoms with E-state index in [1.807, 2.05) is 0 Å². The van der Waals surface area contributed by atoms with Crippen molar-refractivity contribution < 1.29 is 17.9 Å². The molecule has 0 aromatic heterocycles. The number of methoxy groups -OCH3 is 1. The lowest BCUT2D eigenvalue weighted by molar-refractivity contribution is -0.133. The van der Waals surface area contributed by atoms with Crippen LogP contribution in [0.2, 0.25) is 0 Å². The van der Waals surface area contributed by atoms with Crippen LogP contribution in [-0.2, 0) is 14.8 Å². The minimum atomic E-state index is -3.56. The van der Waals surface area contributed by atoms with E-state index >= 15 is 0 Å². The van der Waals surface area contributed by atoms with Crippen LogP contribution < -0.4 is 10.1 Å². The summed E-state index contributed by atoms with van der Waals surface area (Å²) < 4.78 is 32.9. The van der Waals surface area contributed by atoms with Crippen LogP contribution in [0.5, 0.6) is 5.75 Å². The first kappa shape index (κ1) is 21.6. The standard InChI is InChI=1S/C22H33N3O4S/c1-16(2)14-20-21(26)25(15-17-4-5-17)22(23-20)10-12-24(13-11-22)30(27,28)19-8-6-18(29-3)7-9-19/h6-9,16-17,20,23H,4-5,10-15H2,1-3H3/t20-/m0/s1. The van der Waals surface area contributed by atoms with E-state index in [0.29, 0.717) is 43.5 Å². The topological polar surface area (TPSA) is 79.0 Å². The summed E-state index contributed by atoms with van der Waals surface area (Å²) in [6.07, 6.45) is 4.43. The Morgan fingerprint density at radius 2 is 1.80 bits per heavy atom. The highest BCUT2D eigenvalue weighted by molar-refractivity contribution is 7.89. The molecule has 1 spiro atoms. The fourth-order valence-corrected chi connectivity index (χ4v) is 6.17. The van der Waals surface area contributed by atoms with Crippen molar-refractivity contribution in [3.05, 3.63) is 24.3 Å². The molecule has 2 heterocycles. The number of nitrogens with one attached hydrogen (secondary N) is 1. The quantitative estimate of drug-likeness (QED) is 0.712. The molecule has 0 unspecified atom stereocenters. The molecule has 8 heteroatoms. The van der Waals surface area contributed by atoms with Crippen LogP contribution in [0.15, 0.2) is 29.2 Å². The molecule has 1 aromatic rings. The van der Waals surface area contributed by atoms with Gasteiger partial charge in [-0.15, -0.1) is 0 Å². The summed E-state index contributed by atoms with van der Waals surface area (Å²) in [5.41, 5.74) is -0.412. The monoisotopic (exact) mass is 435 g/mol. The first-order valence-corrected chi connectivity index (χ1v) is 12.4. The second kappa shape index (κ2) is 8.13. The smallest absolute Gasteiger partial charge is 0.243 e. The highest BCUT2D eigenvalue weighted by Crippen LogP contribution is 2.39. The lowest BCUT2D eigenvalue weighted by Crippen LogP contribution is -2.59. The Balaban J connectivity index is 1.50. The summed E-state index contributed by atoms with van der Waals surface area (Å²) in [4.78, 5) is 15.5. The van der Waals surface area contributed by atoms with Crippen molar-refractivity contribution in [1.29, 1.82) is 0 Å². The number of sulfonamides is 1. The summed E-state index contributed by atoms with van der Waals surface area (Å²) in [5.74, 6) is 1.86. The summed E-state index contributed by atoms with van der Waals surface area (Å²) in [6, 6.07) is 6.36. The molecule has 1 atom stereocenters. The molecular formula is C22H33N3O4S. The predicted molar refractivity (Wildman–Crippen MR) is 115 cm³/mol. The van der Waals surface area contributed by atoms with E-state index < -0.39 is 15.7 Å². The molecule has 3 fully saturated rings. The summed E-state index contributed by atoms with van der Waals surface area (Å²) >= 11 is 0. The van der Waals surface area contributed by atoms with Gasteiger partial charge >= 0.3 is 0 Å². The zero-order valence-electron chi connectivity index (χ0n) is 18.1. The average Bonchev–Trinajstić information content (AvgIpc) is 3.51. The molecule has 1 saturated carbocycles. The Labute approximate surface area is 179 Å². The van der Waals surface area contributed by atoms with Crippen molar-refractivity contribution in [2.24, 2.45) is 11.8 Å². The Kier molecular flexibility index (Phi) is 5.85. The second-order valence-electron chi connectivity index (χ2n) is 9.33. The fraction of sp³-hybridized carbons (Fsp3) is 0.682. The minimum absolute atomic E-state index is 0.159. The van der Waals surface area contributed by atoms with E-state index in [2.05, 4.69) is 24.1 Å². The first-order valence-electron chi connectivity index (χ1n) is 11.0. The van der Waals surface area contributed by atoms with Crippen LogP contribution in [0.1, 0.15) is 46.0 Å². The lowest BCUT2D eigenvalue weighted by Gasteiger charge is -2.44. The molecule has 2 aliphatic heterocycles. The van der Waals surface area contributed by atoms with Gasteiger partial charge in [-0.1, -0.05) is 13.8 Å². The van der Waals surface area contributed by atoms with Gasteiger partial charge in [0.2, 0.25) is 15.9 Å². The number of carbonyl (C=O) groups excluding carboxylic acids is 1. The van der Waals surface area contributed by atoms with Crippen LogP contribution in [-0.4, -0.2) is 62.0 Å². The van der Waals surface area contributed by atoms with Crippen molar-refractivity contribution in [2.75, 3.05) is 26.7 Å². The maximum atomic E-state index is 13.2. The van der Waals surface area contributed by atoms with Crippen LogP contribution in [0.3, 0.4) is 0 Å². The molecule has 1 amide bonds. The highest BCUT2D eigenvalue weighted by Gasteiger charge is 2.53. The van der Waals surface area contributed by atoms with Gasteiger partial charge in [0.15, 0.2) is 0 Å². The normalized spacial score (nSPS) is 24.7. The summed E-state index contributed by atoms with van der Waals surface area (Å²) in [6.45, 7) is 5.88. The molecule has 4 rings (SSSR count). The van der Waals surface area contributed by atoms with E-state index in [1.54, 1.807) is 35.7 Å². The molecule has 0 bridgehead atoms. The van der Waals surface area contributed by atoms with Crippen molar-refractivity contribution in [3.63, 3.8) is 0 Å². The van der Waals surface area contributed by atoms with Gasteiger partial charge in [-0.2, -0.15) is 4.31 Å². The van der Waals surface area contributed by atoms with Crippen LogP contribution in [0.4, 0.5) is 0 Å². The van der Waals surface area contributed by atoms with Gasteiger partial charge in [0.1, 0.15) is 5.75 Å². The van der Waals surface area contributed by atoms with Gasteiger partial charge in [-0.05, 0) is 68.2 Å². The van der Waals surface area contributed by atoms with Crippen molar-refractivity contribution >= 4 is 15.9 Å². The third-order valence-electron chi connectivity index (χ3n) is 6.62. The molecular weight excluding hydrogens is 402 g/mol. The summed E-state index contributed by atoms with van der Waals surface area (Å²) in [7, 11) is -2.00. The number of nitrogens with zero attached hydrogens (tertiary/aromatic N) is 2. The van der Waals surface area contributed by atoms with E-state index in [0.717, 1.165) is 13.0 Å². The fourth-order valence-electron chi connectivity index (χ4n) is 4.73. The van der Waals surface area contributed by atoms with Crippen LogP contribution >= 0.6 is 0 Å². The lowest BCUT2D eigenvalue weighted by atomic mass is 9.96. The molecule has 1 aliphatic carbocycles. The number of hydrogen-bond donors (Lipinski definition) is 1. The maximum absolute atomic E-state index is 13.2. The van der Waals surface area contributed by atoms with Crippen LogP contribution in [0, 0.1) is 11.8 Å². The predicted octanol–water partition coefficient (Wildman–Crippen LogP) is 2.43. The number of benzene rings is 1. The van der Waals surface area contributed by atoms with Gasteiger partial charge in [0.05, 0.1) is 23.7 Å². The molecule has 7 nitrogen and oxygen atoms in total. The van der Waals surface area contributed by atoms with Crippen molar-refractivity contribution in [3.8, 4) is 5.75 Å². The van der Waals surface area contributed by atoms with Crippen molar-refractivity contribution in [1.82, 2.24) is 14.5 Å². The Morgan fingerprint density at radius 3 is 2.33 bits per heavy atom. The Hall–Kier alpha value is -1.64. The first-order chi connectivity index (χ1) is 14.2. The number of hydrogen-bond acceptors (Lipinski definition) is 5. The number of ether oxygens (including phenoxy) is 1. The number of rotatable bonds is 7. The van der Waals surface area contributed by atoms with Gasteiger partial charge in [0.25, 0.3) is 0 Å². The second-order valence-corrected chi connectivity index (χ2v) is 11.3. The molecule has 3 aliphatic rings. The van der Waals surface area contributed by atoms with E-state index in [9.17, 15) is 13.2 Å². The largest absolute Gasteiger partial charge is 0.497 e. The third kappa shape index (κ3) is 4.09. The Morgan fingerprint density at radius 1 is 1.17 bits per heavy atom. The van der Waals surface area contributed by atoms with Crippen LogP contribution in [0.25, 0.3) is 0 Å². The summed E-state index contributed by atoms with van der Waals surface area (Å²) in [5, 5.41) is 3.64. The van der Waals surface area contributed by atoms with E-state index in [1.165, 1.54) is 12.8 Å². The molecule has 1 aromatic carbocycles. The van der Waals surface area contributed by atoms with E-state index in [-0.39, 0.29) is 16.8 Å². The van der Waals surface area contributed by atoms with Gasteiger partial charge < -0.3 is 9.64 Å². The molecule has 166 valence electrons. The maximum Gasteiger partial charge on any atom is 0.243 e. The zero-order chi connectivity index (χ0) is 21.5. The van der Waals surface area contributed by atoms with Gasteiger partial charge in [-0.25, -0.2) is 8.42 Å². The third-order valence-corrected chi connectivity index (χ3v) is 8.53. The minimum Gasteiger partial charge on any atom is -0.497 e. The zero-order valence-corrected chi connectivity index (χ0v) is 19.0.